The molecule has 144 valence electrons. The number of fused-ring (bicyclic) bond motifs is 1. The molecule has 0 bridgehead atoms. The van der Waals surface area contributed by atoms with Gasteiger partial charge in [-0.3, -0.25) is 0 Å². The third kappa shape index (κ3) is 5.30. The number of aromatic nitrogens is 1. The molecule has 0 aliphatic carbocycles. The van der Waals surface area contributed by atoms with Crippen molar-refractivity contribution in [2.75, 3.05) is 26.2 Å². The zero-order valence-corrected chi connectivity index (χ0v) is 16.0. The monoisotopic (exact) mass is 389 g/mol. The number of nitrogens with zero attached hydrogens (tertiary/aromatic N) is 1. The van der Waals surface area contributed by atoms with E-state index in [0.717, 1.165) is 37.1 Å². The molecule has 1 heterocycles. The topological polar surface area (TPSA) is 49.2 Å². The van der Waals surface area contributed by atoms with Gasteiger partial charge in [-0.05, 0) is 48.8 Å². The fourth-order valence-corrected chi connectivity index (χ4v) is 3.42. The molecule has 0 atom stereocenters. The molecule has 0 radical (unpaired) electrons. The number of aliphatic hydroxyl groups excluding tert-OH is 1. The molecule has 0 spiro atoms. The lowest BCUT2D eigenvalue weighted by atomic mass is 10.2. The van der Waals surface area contributed by atoms with Gasteiger partial charge in [0.1, 0.15) is 5.82 Å². The minimum atomic E-state index is -0.320. The molecule has 0 unspecified atom stereocenters. The Kier molecular flexibility index (Phi) is 7.24. The summed E-state index contributed by atoms with van der Waals surface area (Å²) in [5.74, 6) is -0.320. The Morgan fingerprint density at radius 1 is 1.00 bits per heavy atom. The van der Waals surface area contributed by atoms with Gasteiger partial charge in [0, 0.05) is 41.8 Å². The number of halogens is 2. The highest BCUT2D eigenvalue weighted by Gasteiger charge is 2.10. The second-order valence-electron chi connectivity index (χ2n) is 6.54. The van der Waals surface area contributed by atoms with E-state index in [1.807, 2.05) is 12.1 Å². The number of aliphatic hydroxyl groups is 1. The van der Waals surface area contributed by atoms with Crippen molar-refractivity contribution in [1.82, 2.24) is 15.2 Å². The first kappa shape index (κ1) is 19.8. The summed E-state index contributed by atoms with van der Waals surface area (Å²) in [6.45, 7) is 3.99. The first-order valence-corrected chi connectivity index (χ1v) is 9.60. The van der Waals surface area contributed by atoms with E-state index in [0.29, 0.717) is 18.1 Å². The summed E-state index contributed by atoms with van der Waals surface area (Å²) in [5, 5.41) is 17.1. The Morgan fingerprint density at radius 3 is 2.63 bits per heavy atom. The van der Waals surface area contributed by atoms with E-state index >= 15 is 0 Å². The molecule has 0 fully saturated rings. The zero-order chi connectivity index (χ0) is 19.1. The Morgan fingerprint density at radius 2 is 1.81 bits per heavy atom. The molecule has 3 N–H and O–H groups in total. The summed E-state index contributed by atoms with van der Waals surface area (Å²) in [5.41, 5.74) is 3.26. The van der Waals surface area contributed by atoms with Gasteiger partial charge in [0.2, 0.25) is 0 Å². The van der Waals surface area contributed by atoms with Gasteiger partial charge in [0.25, 0.3) is 0 Å². The van der Waals surface area contributed by atoms with Crippen LogP contribution in [0.25, 0.3) is 10.9 Å². The number of nitrogens with one attached hydrogen (secondary N) is 2. The Bertz CT molecular complexity index is 881. The molecule has 0 aliphatic heterocycles. The second-order valence-corrected chi connectivity index (χ2v) is 6.95. The summed E-state index contributed by atoms with van der Waals surface area (Å²) in [4.78, 5) is 0. The van der Waals surface area contributed by atoms with Crippen molar-refractivity contribution in [3.05, 3.63) is 70.6 Å². The molecule has 0 saturated carbocycles. The summed E-state index contributed by atoms with van der Waals surface area (Å²) in [6.07, 6.45) is 3.14. The molecule has 0 saturated heterocycles. The third-order valence-electron chi connectivity index (χ3n) is 4.54. The molecule has 3 aromatic rings. The predicted octanol–water partition coefficient (Wildman–Crippen LogP) is 3.54. The van der Waals surface area contributed by atoms with E-state index in [1.54, 1.807) is 6.07 Å². The van der Waals surface area contributed by atoms with Crippen LogP contribution in [0.2, 0.25) is 5.02 Å². The molecular formula is C21H25ClFN3O. The van der Waals surface area contributed by atoms with Gasteiger partial charge in [-0.1, -0.05) is 35.9 Å². The van der Waals surface area contributed by atoms with E-state index in [4.69, 9.17) is 16.7 Å². The summed E-state index contributed by atoms with van der Waals surface area (Å²) < 4.78 is 15.5. The highest BCUT2D eigenvalue weighted by Crippen LogP contribution is 2.25. The van der Waals surface area contributed by atoms with Crippen LogP contribution in [0.3, 0.4) is 0 Å². The van der Waals surface area contributed by atoms with Crippen LogP contribution < -0.4 is 10.6 Å². The minimum Gasteiger partial charge on any atom is -0.395 e. The van der Waals surface area contributed by atoms with Gasteiger partial charge in [-0.25, -0.2) is 4.39 Å². The van der Waals surface area contributed by atoms with Gasteiger partial charge >= 0.3 is 0 Å². The molecule has 3 rings (SSSR count). The van der Waals surface area contributed by atoms with Crippen LogP contribution in [0, 0.1) is 5.82 Å². The van der Waals surface area contributed by atoms with E-state index in [2.05, 4.69) is 33.5 Å². The van der Waals surface area contributed by atoms with Crippen molar-refractivity contribution in [3.63, 3.8) is 0 Å². The Balaban J connectivity index is 1.68. The largest absolute Gasteiger partial charge is 0.395 e. The lowest BCUT2D eigenvalue weighted by Crippen LogP contribution is -2.23. The lowest BCUT2D eigenvalue weighted by molar-refractivity contribution is 0.292. The fraction of sp³-hybridized carbons (Fsp3) is 0.333. The first-order valence-electron chi connectivity index (χ1n) is 9.22. The standard InChI is InChI=1S/C21H25ClFN3O/c22-20-12-18(23)7-6-16(20)14-26-15-17(19-4-1-2-5-21(19)26)13-25-9-3-8-24-10-11-27/h1-2,4-7,12,15,24-25,27H,3,8-11,13-14H2. The molecule has 0 amide bonds. The van der Waals surface area contributed by atoms with Crippen molar-refractivity contribution in [2.45, 2.75) is 19.5 Å². The predicted molar refractivity (Wildman–Crippen MR) is 109 cm³/mol. The van der Waals surface area contributed by atoms with Crippen LogP contribution >= 0.6 is 11.6 Å². The van der Waals surface area contributed by atoms with Crippen LogP contribution in [-0.2, 0) is 13.1 Å². The summed E-state index contributed by atoms with van der Waals surface area (Å²) in [6, 6.07) is 12.8. The second kappa shape index (κ2) is 9.85. The fourth-order valence-electron chi connectivity index (χ4n) is 3.19. The number of hydrogen-bond donors (Lipinski definition) is 3. The quantitative estimate of drug-likeness (QED) is 0.465. The molecule has 6 heteroatoms. The number of rotatable bonds is 10. The lowest BCUT2D eigenvalue weighted by Gasteiger charge is -2.07. The average molecular weight is 390 g/mol. The van der Waals surface area contributed by atoms with Crippen LogP contribution in [0.1, 0.15) is 17.5 Å². The average Bonchev–Trinajstić information content (AvgIpc) is 3.01. The number of para-hydroxylation sites is 1. The molecule has 4 nitrogen and oxygen atoms in total. The highest BCUT2D eigenvalue weighted by molar-refractivity contribution is 6.31. The van der Waals surface area contributed by atoms with Crippen LogP contribution in [-0.4, -0.2) is 35.9 Å². The van der Waals surface area contributed by atoms with Crippen molar-refractivity contribution in [3.8, 4) is 0 Å². The van der Waals surface area contributed by atoms with Gasteiger partial charge in [-0.2, -0.15) is 0 Å². The maximum absolute atomic E-state index is 13.3. The number of benzene rings is 2. The summed E-state index contributed by atoms with van der Waals surface area (Å²) >= 11 is 6.20. The first-order chi connectivity index (χ1) is 13.2. The van der Waals surface area contributed by atoms with Crippen molar-refractivity contribution in [2.24, 2.45) is 0 Å². The van der Waals surface area contributed by atoms with E-state index in [1.165, 1.54) is 23.1 Å². The molecule has 0 aliphatic rings. The van der Waals surface area contributed by atoms with Gasteiger partial charge < -0.3 is 20.3 Å². The van der Waals surface area contributed by atoms with Gasteiger partial charge in [0.05, 0.1) is 6.61 Å². The minimum absolute atomic E-state index is 0.172. The Hall–Kier alpha value is -1.92. The Labute approximate surface area is 164 Å². The highest BCUT2D eigenvalue weighted by atomic mass is 35.5. The smallest absolute Gasteiger partial charge is 0.124 e. The van der Waals surface area contributed by atoms with Crippen LogP contribution in [0.4, 0.5) is 4.39 Å². The number of hydrogen-bond acceptors (Lipinski definition) is 3. The van der Waals surface area contributed by atoms with E-state index < -0.39 is 0 Å². The molecule has 1 aromatic heterocycles. The van der Waals surface area contributed by atoms with Crippen LogP contribution in [0.5, 0.6) is 0 Å². The van der Waals surface area contributed by atoms with Gasteiger partial charge in [0.15, 0.2) is 0 Å². The van der Waals surface area contributed by atoms with Crippen molar-refractivity contribution in [1.29, 1.82) is 0 Å². The molecule has 2 aromatic carbocycles. The summed E-state index contributed by atoms with van der Waals surface area (Å²) in [7, 11) is 0. The maximum atomic E-state index is 13.3. The van der Waals surface area contributed by atoms with Crippen molar-refractivity contribution >= 4 is 22.5 Å². The molecule has 27 heavy (non-hydrogen) atoms. The SMILES string of the molecule is OCCNCCCNCc1cn(Cc2ccc(F)cc2Cl)c2ccccc12. The van der Waals surface area contributed by atoms with Gasteiger partial charge in [-0.15, -0.1) is 0 Å². The van der Waals surface area contributed by atoms with E-state index in [-0.39, 0.29) is 12.4 Å². The maximum Gasteiger partial charge on any atom is 0.124 e. The van der Waals surface area contributed by atoms with Crippen molar-refractivity contribution < 1.29 is 9.50 Å². The third-order valence-corrected chi connectivity index (χ3v) is 4.89. The zero-order valence-electron chi connectivity index (χ0n) is 15.2. The normalized spacial score (nSPS) is 11.4. The molecular weight excluding hydrogens is 365 g/mol. The van der Waals surface area contributed by atoms with E-state index in [9.17, 15) is 4.39 Å². The van der Waals surface area contributed by atoms with Crippen LogP contribution in [0.15, 0.2) is 48.7 Å².